The van der Waals surface area contributed by atoms with Crippen molar-refractivity contribution in [1.29, 1.82) is 0 Å². The van der Waals surface area contributed by atoms with Crippen LogP contribution in [0.1, 0.15) is 24.8 Å². The smallest absolute Gasteiger partial charge is 0.221 e. The highest BCUT2D eigenvalue weighted by molar-refractivity contribution is 5.77. The minimum Gasteiger partial charge on any atom is -0.493 e. The minimum atomic E-state index is -0.305. The zero-order valence-corrected chi connectivity index (χ0v) is 12.9. The van der Waals surface area contributed by atoms with Gasteiger partial charge in [0.15, 0.2) is 11.5 Å². The highest BCUT2D eigenvalue weighted by atomic mass is 19.1. The van der Waals surface area contributed by atoms with Crippen LogP contribution in [0, 0.1) is 5.82 Å². The van der Waals surface area contributed by atoms with Gasteiger partial charge >= 0.3 is 0 Å². The number of halogens is 1. The topological polar surface area (TPSA) is 50.8 Å². The highest BCUT2D eigenvalue weighted by Gasteiger charge is 2.37. The number of nitrogens with one attached hydrogen (secondary N) is 1. The first-order valence-electron chi connectivity index (χ1n) is 7.55. The fourth-order valence-electron chi connectivity index (χ4n) is 3.44. The van der Waals surface area contributed by atoms with Gasteiger partial charge in [-0.2, -0.15) is 0 Å². The van der Waals surface area contributed by atoms with E-state index in [0.717, 1.165) is 12.8 Å². The van der Waals surface area contributed by atoms with Gasteiger partial charge in [-0.25, -0.2) is 4.39 Å². The Labute approximate surface area is 129 Å². The largest absolute Gasteiger partial charge is 0.493 e. The molecule has 2 aliphatic heterocycles. The molecule has 1 N–H and O–H groups in total. The standard InChI is InChI=1S/C16H21FN2O3/c1-21-14-5-10(13(17)7-15(14)22-2)9-19-11-3-4-12(19)8-18-16(20)6-11/h5,7,11-12H,3-4,6,8-9H2,1-2H3,(H,18,20)/t11-,12+/m0/s1. The molecule has 22 heavy (non-hydrogen) atoms. The molecule has 1 amide bonds. The predicted molar refractivity (Wildman–Crippen MR) is 79.5 cm³/mol. The number of amides is 1. The second-order valence-electron chi connectivity index (χ2n) is 5.86. The van der Waals surface area contributed by atoms with Gasteiger partial charge in [0.25, 0.3) is 0 Å². The van der Waals surface area contributed by atoms with Crippen LogP contribution in [0.3, 0.4) is 0 Å². The maximum absolute atomic E-state index is 14.3. The number of carbonyl (C=O) groups is 1. The van der Waals surface area contributed by atoms with Crippen LogP contribution in [-0.2, 0) is 11.3 Å². The Morgan fingerprint density at radius 3 is 2.64 bits per heavy atom. The lowest BCUT2D eigenvalue weighted by atomic mass is 10.1. The Morgan fingerprint density at radius 2 is 1.91 bits per heavy atom. The molecule has 0 saturated carbocycles. The first-order chi connectivity index (χ1) is 10.6. The molecule has 0 aromatic heterocycles. The van der Waals surface area contributed by atoms with Crippen molar-refractivity contribution in [2.75, 3.05) is 20.8 Å². The first-order valence-corrected chi connectivity index (χ1v) is 7.55. The molecule has 0 unspecified atom stereocenters. The molecular weight excluding hydrogens is 287 g/mol. The average molecular weight is 308 g/mol. The quantitative estimate of drug-likeness (QED) is 0.920. The van der Waals surface area contributed by atoms with E-state index >= 15 is 0 Å². The second kappa shape index (κ2) is 6.12. The summed E-state index contributed by atoms with van der Waals surface area (Å²) in [6.07, 6.45) is 2.53. The van der Waals surface area contributed by atoms with E-state index in [-0.39, 0.29) is 23.8 Å². The number of carbonyl (C=O) groups excluding carboxylic acids is 1. The number of hydrogen-bond donors (Lipinski definition) is 1. The Hall–Kier alpha value is -1.82. The number of hydrogen-bond acceptors (Lipinski definition) is 4. The van der Waals surface area contributed by atoms with E-state index in [4.69, 9.17) is 9.47 Å². The van der Waals surface area contributed by atoms with Gasteiger partial charge in [0.2, 0.25) is 5.91 Å². The van der Waals surface area contributed by atoms with Crippen LogP contribution < -0.4 is 14.8 Å². The molecule has 5 nitrogen and oxygen atoms in total. The fourth-order valence-corrected chi connectivity index (χ4v) is 3.44. The summed E-state index contributed by atoms with van der Waals surface area (Å²) in [6.45, 7) is 1.13. The summed E-state index contributed by atoms with van der Waals surface area (Å²) >= 11 is 0. The van der Waals surface area contributed by atoms with Crippen molar-refractivity contribution in [2.45, 2.75) is 37.9 Å². The van der Waals surface area contributed by atoms with Crippen molar-refractivity contribution in [1.82, 2.24) is 10.2 Å². The van der Waals surface area contributed by atoms with Gasteiger partial charge in [-0.05, 0) is 18.9 Å². The zero-order chi connectivity index (χ0) is 15.7. The number of nitrogens with zero attached hydrogens (tertiary/aromatic N) is 1. The summed E-state index contributed by atoms with van der Waals surface area (Å²) in [7, 11) is 3.03. The molecule has 1 aromatic rings. The van der Waals surface area contributed by atoms with E-state index in [9.17, 15) is 9.18 Å². The molecule has 0 aliphatic carbocycles. The van der Waals surface area contributed by atoms with Gasteiger partial charge in [-0.3, -0.25) is 9.69 Å². The number of methoxy groups -OCH3 is 2. The Kier molecular flexibility index (Phi) is 4.20. The lowest BCUT2D eigenvalue weighted by Crippen LogP contribution is -2.37. The van der Waals surface area contributed by atoms with Crippen molar-refractivity contribution in [3.05, 3.63) is 23.5 Å². The lowest BCUT2D eigenvalue weighted by molar-refractivity contribution is -0.121. The van der Waals surface area contributed by atoms with Crippen molar-refractivity contribution in [3.8, 4) is 11.5 Å². The van der Waals surface area contributed by atoms with E-state index in [1.807, 2.05) is 0 Å². The summed E-state index contributed by atoms with van der Waals surface area (Å²) in [6, 6.07) is 3.52. The normalized spacial score (nSPS) is 24.8. The van der Waals surface area contributed by atoms with E-state index in [0.29, 0.717) is 36.6 Å². The molecule has 0 spiro atoms. The number of benzene rings is 1. The molecule has 120 valence electrons. The third-order valence-electron chi connectivity index (χ3n) is 4.63. The summed E-state index contributed by atoms with van der Waals surface area (Å²) in [5.74, 6) is 0.695. The molecule has 2 saturated heterocycles. The molecule has 6 heteroatoms. The van der Waals surface area contributed by atoms with Crippen LogP contribution in [0.15, 0.2) is 12.1 Å². The van der Waals surface area contributed by atoms with E-state index in [1.54, 1.807) is 6.07 Å². The second-order valence-corrected chi connectivity index (χ2v) is 5.86. The summed E-state index contributed by atoms with van der Waals surface area (Å²) in [4.78, 5) is 13.9. The van der Waals surface area contributed by atoms with Gasteiger partial charge < -0.3 is 14.8 Å². The number of fused-ring (bicyclic) bond motifs is 2. The Balaban J connectivity index is 1.85. The highest BCUT2D eigenvalue weighted by Crippen LogP contribution is 2.34. The molecule has 2 aliphatic rings. The molecule has 0 radical (unpaired) electrons. The maximum atomic E-state index is 14.3. The SMILES string of the molecule is COc1cc(F)c(CN2[C@@H]3CC[C@H]2CC(=O)NC3)cc1OC. The molecule has 2 heterocycles. The van der Waals surface area contributed by atoms with Crippen LogP contribution in [0.2, 0.25) is 0 Å². The maximum Gasteiger partial charge on any atom is 0.221 e. The van der Waals surface area contributed by atoms with Crippen LogP contribution in [0.5, 0.6) is 11.5 Å². The minimum absolute atomic E-state index is 0.0879. The first kappa shape index (κ1) is 15.1. The van der Waals surface area contributed by atoms with Gasteiger partial charge in [0, 0.05) is 43.2 Å². The van der Waals surface area contributed by atoms with Crippen molar-refractivity contribution in [2.24, 2.45) is 0 Å². The van der Waals surface area contributed by atoms with Crippen LogP contribution in [0.4, 0.5) is 4.39 Å². The monoisotopic (exact) mass is 308 g/mol. The van der Waals surface area contributed by atoms with E-state index < -0.39 is 0 Å². The molecular formula is C16H21FN2O3. The van der Waals surface area contributed by atoms with Crippen molar-refractivity contribution >= 4 is 5.91 Å². The van der Waals surface area contributed by atoms with Crippen LogP contribution >= 0.6 is 0 Å². The predicted octanol–water partition coefficient (Wildman–Crippen LogP) is 1.70. The fraction of sp³-hybridized carbons (Fsp3) is 0.562. The summed E-state index contributed by atoms with van der Waals surface area (Å²) < 4.78 is 24.7. The third kappa shape index (κ3) is 2.75. The summed E-state index contributed by atoms with van der Waals surface area (Å²) in [5.41, 5.74) is 0.573. The van der Waals surface area contributed by atoms with Crippen molar-refractivity contribution in [3.63, 3.8) is 0 Å². The molecule has 1 aromatic carbocycles. The van der Waals surface area contributed by atoms with E-state index in [1.165, 1.54) is 20.3 Å². The van der Waals surface area contributed by atoms with Gasteiger partial charge in [0.05, 0.1) is 14.2 Å². The van der Waals surface area contributed by atoms with Crippen molar-refractivity contribution < 1.29 is 18.7 Å². The number of rotatable bonds is 4. The third-order valence-corrected chi connectivity index (χ3v) is 4.63. The zero-order valence-electron chi connectivity index (χ0n) is 12.9. The molecule has 3 rings (SSSR count). The Morgan fingerprint density at radius 1 is 1.23 bits per heavy atom. The van der Waals surface area contributed by atoms with Gasteiger partial charge in [0.1, 0.15) is 5.82 Å². The van der Waals surface area contributed by atoms with Gasteiger partial charge in [-0.1, -0.05) is 0 Å². The molecule has 2 atom stereocenters. The molecule has 2 bridgehead atoms. The lowest BCUT2D eigenvalue weighted by Gasteiger charge is -2.27. The van der Waals surface area contributed by atoms with E-state index in [2.05, 4.69) is 10.2 Å². The average Bonchev–Trinajstić information content (AvgIpc) is 2.79. The van der Waals surface area contributed by atoms with Crippen LogP contribution in [-0.4, -0.2) is 43.7 Å². The van der Waals surface area contributed by atoms with Crippen LogP contribution in [0.25, 0.3) is 0 Å². The van der Waals surface area contributed by atoms with Gasteiger partial charge in [-0.15, -0.1) is 0 Å². The molecule has 2 fully saturated rings. The Bertz CT molecular complexity index is 579. The number of ether oxygens (including phenoxy) is 2. The summed E-state index contributed by atoms with van der Waals surface area (Å²) in [5, 5.41) is 2.93.